The van der Waals surface area contributed by atoms with Crippen molar-refractivity contribution in [2.75, 3.05) is 55.9 Å². The highest BCUT2D eigenvalue weighted by atomic mass is 16.5. The van der Waals surface area contributed by atoms with Crippen LogP contribution in [0.1, 0.15) is 19.3 Å². The molecular formula is C16H24N4O2. The van der Waals surface area contributed by atoms with Crippen LogP contribution in [0.4, 0.5) is 17.4 Å². The van der Waals surface area contributed by atoms with Crippen molar-refractivity contribution in [2.24, 2.45) is 0 Å². The molecule has 0 amide bonds. The average molecular weight is 304 g/mol. The predicted molar refractivity (Wildman–Crippen MR) is 89.6 cm³/mol. The van der Waals surface area contributed by atoms with Gasteiger partial charge in [0, 0.05) is 39.9 Å². The minimum Gasteiger partial charge on any atom is -0.423 e. The molecule has 1 fully saturated rings. The van der Waals surface area contributed by atoms with E-state index in [4.69, 9.17) is 14.9 Å². The molecule has 2 heterocycles. The summed E-state index contributed by atoms with van der Waals surface area (Å²) in [5.41, 5.74) is 9.65. The van der Waals surface area contributed by atoms with Gasteiger partial charge in [-0.05, 0) is 25.3 Å². The number of hydrogen-bond acceptors (Lipinski definition) is 6. The van der Waals surface area contributed by atoms with E-state index in [0.717, 1.165) is 42.1 Å². The molecule has 22 heavy (non-hydrogen) atoms. The number of ether oxygens (including phenoxy) is 1. The van der Waals surface area contributed by atoms with Crippen molar-refractivity contribution < 1.29 is 9.15 Å². The van der Waals surface area contributed by atoms with E-state index >= 15 is 0 Å². The van der Waals surface area contributed by atoms with Crippen LogP contribution in [0.2, 0.25) is 0 Å². The Kier molecular flexibility index (Phi) is 4.38. The molecule has 1 aliphatic heterocycles. The number of rotatable bonds is 5. The third kappa shape index (κ3) is 2.97. The number of nitrogens with zero attached hydrogens (tertiary/aromatic N) is 3. The van der Waals surface area contributed by atoms with Crippen LogP contribution >= 0.6 is 0 Å². The average Bonchev–Trinajstić information content (AvgIpc) is 2.95. The molecule has 0 bridgehead atoms. The maximum Gasteiger partial charge on any atom is 0.298 e. The number of nitrogen functional groups attached to an aromatic ring is 1. The maximum atomic E-state index is 6.22. The molecule has 6 heteroatoms. The normalized spacial score (nSPS) is 15.5. The van der Waals surface area contributed by atoms with Gasteiger partial charge in [-0.2, -0.15) is 4.98 Å². The SMILES string of the molecule is COCCN(C)c1nc2cc(N3CCCCC3)c(N)cc2o1. The Morgan fingerprint density at radius 3 is 2.82 bits per heavy atom. The lowest BCUT2D eigenvalue weighted by Crippen LogP contribution is -2.29. The molecule has 120 valence electrons. The Morgan fingerprint density at radius 1 is 1.32 bits per heavy atom. The molecule has 0 unspecified atom stereocenters. The molecule has 2 N–H and O–H groups in total. The number of fused-ring (bicyclic) bond motifs is 1. The van der Waals surface area contributed by atoms with Crippen LogP contribution in [0.5, 0.6) is 0 Å². The molecule has 1 aliphatic rings. The second-order valence-corrected chi connectivity index (χ2v) is 5.84. The van der Waals surface area contributed by atoms with E-state index in [9.17, 15) is 0 Å². The smallest absolute Gasteiger partial charge is 0.298 e. The molecule has 3 rings (SSSR count). The van der Waals surface area contributed by atoms with E-state index < -0.39 is 0 Å². The van der Waals surface area contributed by atoms with Crippen molar-refractivity contribution in [2.45, 2.75) is 19.3 Å². The summed E-state index contributed by atoms with van der Waals surface area (Å²) >= 11 is 0. The number of aromatic nitrogens is 1. The lowest BCUT2D eigenvalue weighted by atomic mass is 10.1. The molecule has 0 aliphatic carbocycles. The Morgan fingerprint density at radius 2 is 2.09 bits per heavy atom. The quantitative estimate of drug-likeness (QED) is 0.856. The number of methoxy groups -OCH3 is 1. The van der Waals surface area contributed by atoms with E-state index in [0.29, 0.717) is 12.6 Å². The Balaban J connectivity index is 1.88. The summed E-state index contributed by atoms with van der Waals surface area (Å²) in [7, 11) is 3.63. The van der Waals surface area contributed by atoms with Crippen LogP contribution in [0, 0.1) is 0 Å². The maximum absolute atomic E-state index is 6.22. The van der Waals surface area contributed by atoms with Crippen molar-refractivity contribution in [1.29, 1.82) is 0 Å². The fourth-order valence-corrected chi connectivity index (χ4v) is 2.86. The van der Waals surface area contributed by atoms with Crippen LogP contribution in [0.3, 0.4) is 0 Å². The van der Waals surface area contributed by atoms with Gasteiger partial charge in [-0.1, -0.05) is 0 Å². The summed E-state index contributed by atoms with van der Waals surface area (Å²) in [5, 5.41) is 0. The molecular weight excluding hydrogens is 280 g/mol. The monoisotopic (exact) mass is 304 g/mol. The lowest BCUT2D eigenvalue weighted by Gasteiger charge is -2.29. The number of likely N-dealkylation sites (N-methyl/N-ethyl adjacent to an activating group) is 1. The lowest BCUT2D eigenvalue weighted by molar-refractivity contribution is 0.205. The van der Waals surface area contributed by atoms with Gasteiger partial charge in [0.15, 0.2) is 5.58 Å². The topological polar surface area (TPSA) is 67.8 Å². The van der Waals surface area contributed by atoms with E-state index in [2.05, 4.69) is 9.88 Å². The number of anilines is 3. The van der Waals surface area contributed by atoms with Crippen LogP contribution in [-0.4, -0.2) is 45.4 Å². The van der Waals surface area contributed by atoms with Crippen molar-refractivity contribution in [3.63, 3.8) is 0 Å². The molecule has 2 aromatic rings. The highest BCUT2D eigenvalue weighted by molar-refractivity contribution is 5.86. The zero-order chi connectivity index (χ0) is 15.5. The van der Waals surface area contributed by atoms with Crippen LogP contribution < -0.4 is 15.5 Å². The van der Waals surface area contributed by atoms with Gasteiger partial charge in [-0.25, -0.2) is 0 Å². The number of piperidine rings is 1. The number of nitrogens with two attached hydrogens (primary N) is 1. The van der Waals surface area contributed by atoms with Crippen molar-refractivity contribution >= 4 is 28.5 Å². The Hall–Kier alpha value is -1.95. The van der Waals surface area contributed by atoms with Crippen molar-refractivity contribution in [3.8, 4) is 0 Å². The van der Waals surface area contributed by atoms with Crippen LogP contribution in [0.25, 0.3) is 11.1 Å². The zero-order valence-corrected chi connectivity index (χ0v) is 13.3. The molecule has 1 saturated heterocycles. The number of hydrogen-bond donors (Lipinski definition) is 1. The van der Waals surface area contributed by atoms with Gasteiger partial charge < -0.3 is 24.7 Å². The van der Waals surface area contributed by atoms with E-state index in [1.807, 2.05) is 24.1 Å². The van der Waals surface area contributed by atoms with Gasteiger partial charge in [0.1, 0.15) is 5.52 Å². The van der Waals surface area contributed by atoms with E-state index in [1.165, 1.54) is 19.3 Å². The largest absolute Gasteiger partial charge is 0.423 e. The third-order valence-electron chi connectivity index (χ3n) is 4.18. The van der Waals surface area contributed by atoms with Gasteiger partial charge >= 0.3 is 0 Å². The standard InChI is InChI=1S/C16H24N4O2/c1-19(8-9-21-2)16-18-13-11-14(12(17)10-15(13)22-16)20-6-4-3-5-7-20/h10-11H,3-9,17H2,1-2H3. The molecule has 0 spiro atoms. The minimum atomic E-state index is 0.599. The third-order valence-corrected chi connectivity index (χ3v) is 4.18. The summed E-state index contributed by atoms with van der Waals surface area (Å²) in [6.07, 6.45) is 3.75. The highest BCUT2D eigenvalue weighted by Gasteiger charge is 2.17. The Bertz CT molecular complexity index is 634. The van der Waals surface area contributed by atoms with E-state index in [1.54, 1.807) is 7.11 Å². The predicted octanol–water partition coefficient (Wildman–Crippen LogP) is 2.48. The second-order valence-electron chi connectivity index (χ2n) is 5.84. The summed E-state index contributed by atoms with van der Waals surface area (Å²) in [5.74, 6) is 0. The molecule has 6 nitrogen and oxygen atoms in total. The van der Waals surface area contributed by atoms with Crippen molar-refractivity contribution in [3.05, 3.63) is 12.1 Å². The molecule has 0 saturated carbocycles. The summed E-state index contributed by atoms with van der Waals surface area (Å²) in [4.78, 5) is 8.88. The fraction of sp³-hybridized carbons (Fsp3) is 0.562. The van der Waals surface area contributed by atoms with Gasteiger partial charge in [-0.15, -0.1) is 0 Å². The number of oxazole rings is 1. The summed E-state index contributed by atoms with van der Waals surface area (Å²) in [6, 6.07) is 4.54. The van der Waals surface area contributed by atoms with Gasteiger partial charge in [-0.3, -0.25) is 0 Å². The van der Waals surface area contributed by atoms with Crippen LogP contribution in [-0.2, 0) is 4.74 Å². The second kappa shape index (κ2) is 6.44. The number of benzene rings is 1. The fourth-order valence-electron chi connectivity index (χ4n) is 2.86. The molecule has 0 radical (unpaired) electrons. The van der Waals surface area contributed by atoms with Gasteiger partial charge in [0.05, 0.1) is 18.0 Å². The highest BCUT2D eigenvalue weighted by Crippen LogP contribution is 2.32. The van der Waals surface area contributed by atoms with Gasteiger partial charge in [0.25, 0.3) is 6.01 Å². The van der Waals surface area contributed by atoms with Crippen LogP contribution in [0.15, 0.2) is 16.5 Å². The first-order valence-electron chi connectivity index (χ1n) is 7.84. The van der Waals surface area contributed by atoms with E-state index in [-0.39, 0.29) is 0 Å². The summed E-state index contributed by atoms with van der Waals surface area (Å²) < 4.78 is 10.9. The molecule has 0 atom stereocenters. The first-order valence-corrected chi connectivity index (χ1v) is 7.84. The zero-order valence-electron chi connectivity index (χ0n) is 13.3. The van der Waals surface area contributed by atoms with Gasteiger partial charge in [0.2, 0.25) is 0 Å². The first kappa shape index (κ1) is 15.0. The Labute approximate surface area is 130 Å². The van der Waals surface area contributed by atoms with Crippen molar-refractivity contribution in [1.82, 2.24) is 4.98 Å². The molecule has 1 aromatic heterocycles. The summed E-state index contributed by atoms with van der Waals surface area (Å²) in [6.45, 7) is 3.50. The minimum absolute atomic E-state index is 0.599. The molecule has 1 aromatic carbocycles. The first-order chi connectivity index (χ1) is 10.7.